The maximum atomic E-state index is 5.89. The molecule has 0 aliphatic carbocycles. The highest BCUT2D eigenvalue weighted by atomic mass is 14.6. The highest BCUT2D eigenvalue weighted by Crippen LogP contribution is 2.04. The van der Waals surface area contributed by atoms with E-state index in [0.29, 0.717) is 12.0 Å². The molecular formula is C12H23N. The molecule has 0 radical (unpaired) electrons. The highest BCUT2D eigenvalue weighted by Gasteiger charge is 2.03. The molecule has 1 heteroatoms. The van der Waals surface area contributed by atoms with E-state index < -0.39 is 0 Å². The number of nitrogens with two attached hydrogens (primary N) is 1. The summed E-state index contributed by atoms with van der Waals surface area (Å²) >= 11 is 0. The summed E-state index contributed by atoms with van der Waals surface area (Å²) in [7, 11) is 0. The van der Waals surface area contributed by atoms with Gasteiger partial charge >= 0.3 is 0 Å². The average molecular weight is 181 g/mol. The van der Waals surface area contributed by atoms with E-state index in [0.717, 1.165) is 19.3 Å². The molecule has 0 amide bonds. The number of hydrogen-bond acceptors (Lipinski definition) is 1. The van der Waals surface area contributed by atoms with Crippen molar-refractivity contribution >= 4 is 0 Å². The lowest BCUT2D eigenvalue weighted by Gasteiger charge is -2.12. The second-order valence-electron chi connectivity index (χ2n) is 3.83. The van der Waals surface area contributed by atoms with Gasteiger partial charge < -0.3 is 5.73 Å². The van der Waals surface area contributed by atoms with Crippen LogP contribution in [-0.4, -0.2) is 6.04 Å². The minimum Gasteiger partial charge on any atom is -0.327 e. The van der Waals surface area contributed by atoms with Crippen molar-refractivity contribution in [3.63, 3.8) is 0 Å². The van der Waals surface area contributed by atoms with Crippen LogP contribution in [-0.2, 0) is 0 Å². The van der Waals surface area contributed by atoms with Crippen LogP contribution >= 0.6 is 0 Å². The summed E-state index contributed by atoms with van der Waals surface area (Å²) in [5.74, 6) is 0.581. The van der Waals surface area contributed by atoms with Gasteiger partial charge in [-0.05, 0) is 31.6 Å². The molecule has 0 aromatic rings. The van der Waals surface area contributed by atoms with Gasteiger partial charge in [0.1, 0.15) is 0 Å². The Bertz CT molecular complexity index is 147. The zero-order chi connectivity index (χ0) is 10.1. The molecule has 0 saturated heterocycles. The van der Waals surface area contributed by atoms with Crippen LogP contribution in [0.1, 0.15) is 39.5 Å². The molecule has 0 fully saturated rings. The summed E-state index contributed by atoms with van der Waals surface area (Å²) in [5.41, 5.74) is 5.89. The number of rotatable bonds is 7. The molecule has 0 aromatic carbocycles. The van der Waals surface area contributed by atoms with E-state index in [1.54, 1.807) is 0 Å². The van der Waals surface area contributed by atoms with Crippen LogP contribution in [0.15, 0.2) is 24.8 Å². The molecule has 0 spiro atoms. The van der Waals surface area contributed by atoms with E-state index in [1.807, 2.05) is 6.08 Å². The first-order valence-electron chi connectivity index (χ1n) is 5.20. The standard InChI is InChI=1S/C12H23N/c1-4-5-6-7-8-9-10-12(13)11(2)3/h4,8-9,11-12H,1,5-7,10,13H2,2-3H3/b9-8+. The van der Waals surface area contributed by atoms with Crippen molar-refractivity contribution < 1.29 is 0 Å². The quantitative estimate of drug-likeness (QED) is 0.473. The lowest BCUT2D eigenvalue weighted by Crippen LogP contribution is -2.25. The Kier molecular flexibility index (Phi) is 7.71. The van der Waals surface area contributed by atoms with Crippen molar-refractivity contribution in [1.29, 1.82) is 0 Å². The van der Waals surface area contributed by atoms with Crippen LogP contribution in [0.2, 0.25) is 0 Å². The average Bonchev–Trinajstić information content (AvgIpc) is 2.10. The fourth-order valence-corrected chi connectivity index (χ4v) is 1.02. The van der Waals surface area contributed by atoms with Crippen molar-refractivity contribution in [1.82, 2.24) is 0 Å². The first-order valence-corrected chi connectivity index (χ1v) is 5.20. The van der Waals surface area contributed by atoms with Gasteiger partial charge in [0.15, 0.2) is 0 Å². The molecule has 1 atom stereocenters. The van der Waals surface area contributed by atoms with Crippen molar-refractivity contribution in [2.45, 2.75) is 45.6 Å². The van der Waals surface area contributed by atoms with Crippen LogP contribution in [0.3, 0.4) is 0 Å². The molecule has 0 aliphatic heterocycles. The maximum absolute atomic E-state index is 5.89. The molecule has 0 heterocycles. The molecule has 0 rings (SSSR count). The van der Waals surface area contributed by atoms with Gasteiger partial charge in [0.25, 0.3) is 0 Å². The molecular weight excluding hydrogens is 158 g/mol. The van der Waals surface area contributed by atoms with E-state index >= 15 is 0 Å². The van der Waals surface area contributed by atoms with Gasteiger partial charge in [0.2, 0.25) is 0 Å². The predicted octanol–water partition coefficient (Wildman–Crippen LogP) is 3.27. The molecule has 2 N–H and O–H groups in total. The molecule has 1 nitrogen and oxygen atoms in total. The van der Waals surface area contributed by atoms with Gasteiger partial charge in [-0.1, -0.05) is 32.1 Å². The van der Waals surface area contributed by atoms with Gasteiger partial charge in [0, 0.05) is 6.04 Å². The first kappa shape index (κ1) is 12.4. The highest BCUT2D eigenvalue weighted by molar-refractivity contribution is 4.86. The lowest BCUT2D eigenvalue weighted by molar-refractivity contribution is 0.497. The molecule has 0 aromatic heterocycles. The van der Waals surface area contributed by atoms with Gasteiger partial charge in [-0.3, -0.25) is 0 Å². The fourth-order valence-electron chi connectivity index (χ4n) is 1.02. The van der Waals surface area contributed by atoms with E-state index in [9.17, 15) is 0 Å². The van der Waals surface area contributed by atoms with Crippen LogP contribution in [0.25, 0.3) is 0 Å². The van der Waals surface area contributed by atoms with E-state index in [-0.39, 0.29) is 0 Å². The van der Waals surface area contributed by atoms with Crippen molar-refractivity contribution in [3.8, 4) is 0 Å². The van der Waals surface area contributed by atoms with Crippen molar-refractivity contribution in [3.05, 3.63) is 24.8 Å². The summed E-state index contributed by atoms with van der Waals surface area (Å²) < 4.78 is 0. The molecule has 13 heavy (non-hydrogen) atoms. The SMILES string of the molecule is C=CCCC/C=C/CC(N)C(C)C. The Balaban J connectivity index is 3.35. The second kappa shape index (κ2) is 8.06. The monoisotopic (exact) mass is 181 g/mol. The largest absolute Gasteiger partial charge is 0.327 e. The fraction of sp³-hybridized carbons (Fsp3) is 0.667. The van der Waals surface area contributed by atoms with Gasteiger partial charge in [-0.25, -0.2) is 0 Å². The van der Waals surface area contributed by atoms with E-state index in [1.165, 1.54) is 6.42 Å². The molecule has 0 saturated carbocycles. The molecule has 0 aliphatic rings. The zero-order valence-electron chi connectivity index (χ0n) is 9.00. The normalized spacial score (nSPS) is 13.8. The molecule has 76 valence electrons. The van der Waals surface area contributed by atoms with E-state index in [2.05, 4.69) is 32.6 Å². The summed E-state index contributed by atoms with van der Waals surface area (Å²) in [6, 6.07) is 0.315. The summed E-state index contributed by atoms with van der Waals surface area (Å²) in [4.78, 5) is 0. The van der Waals surface area contributed by atoms with Gasteiger partial charge in [0.05, 0.1) is 0 Å². The summed E-state index contributed by atoms with van der Waals surface area (Å²) in [6.07, 6.45) is 10.9. The number of hydrogen-bond donors (Lipinski definition) is 1. The third-order valence-corrected chi connectivity index (χ3v) is 2.21. The minimum atomic E-state index is 0.315. The van der Waals surface area contributed by atoms with Crippen LogP contribution in [0.5, 0.6) is 0 Å². The maximum Gasteiger partial charge on any atom is 0.00966 e. The lowest BCUT2D eigenvalue weighted by atomic mass is 10.0. The zero-order valence-corrected chi connectivity index (χ0v) is 9.00. The van der Waals surface area contributed by atoms with Crippen LogP contribution in [0.4, 0.5) is 0 Å². The Morgan fingerprint density at radius 1 is 1.23 bits per heavy atom. The first-order chi connectivity index (χ1) is 6.18. The molecule has 1 unspecified atom stereocenters. The Labute approximate surface area is 82.7 Å². The van der Waals surface area contributed by atoms with Gasteiger partial charge in [-0.15, -0.1) is 6.58 Å². The van der Waals surface area contributed by atoms with E-state index in [4.69, 9.17) is 5.73 Å². The minimum absolute atomic E-state index is 0.315. The third kappa shape index (κ3) is 7.79. The Hall–Kier alpha value is -0.560. The number of allylic oxidation sites excluding steroid dienone is 2. The summed E-state index contributed by atoms with van der Waals surface area (Å²) in [6.45, 7) is 8.01. The smallest absolute Gasteiger partial charge is 0.00966 e. The topological polar surface area (TPSA) is 26.0 Å². The van der Waals surface area contributed by atoms with Crippen LogP contribution in [0, 0.1) is 5.92 Å². The van der Waals surface area contributed by atoms with Crippen molar-refractivity contribution in [2.24, 2.45) is 11.7 Å². The number of unbranched alkanes of at least 4 members (excludes halogenated alkanes) is 2. The Morgan fingerprint density at radius 3 is 2.46 bits per heavy atom. The van der Waals surface area contributed by atoms with Crippen LogP contribution < -0.4 is 5.73 Å². The second-order valence-corrected chi connectivity index (χ2v) is 3.83. The van der Waals surface area contributed by atoms with Gasteiger partial charge in [-0.2, -0.15) is 0 Å². The third-order valence-electron chi connectivity index (χ3n) is 2.21. The van der Waals surface area contributed by atoms with Crippen molar-refractivity contribution in [2.75, 3.05) is 0 Å². The predicted molar refractivity (Wildman–Crippen MR) is 60.6 cm³/mol. The Morgan fingerprint density at radius 2 is 1.92 bits per heavy atom. The summed E-state index contributed by atoms with van der Waals surface area (Å²) in [5, 5.41) is 0. The molecule has 0 bridgehead atoms.